The molecule has 0 saturated heterocycles. The van der Waals surface area contributed by atoms with Gasteiger partial charge in [-0.3, -0.25) is 9.59 Å². The van der Waals surface area contributed by atoms with Crippen LogP contribution in [0.15, 0.2) is 0 Å². The molecule has 5 nitrogen and oxygen atoms in total. The minimum Gasteiger partial charge on any atom is -0.466 e. The molecule has 0 aromatic rings. The monoisotopic (exact) mass is 806 g/mol. The average Bonchev–Trinajstić information content (AvgIpc) is 3.20. The summed E-state index contributed by atoms with van der Waals surface area (Å²) in [6.45, 7) is 14.9. The van der Waals surface area contributed by atoms with Gasteiger partial charge in [0.1, 0.15) is 0 Å². The third kappa shape index (κ3) is 40.1. The maximum Gasteiger partial charge on any atom is 0.306 e. The lowest BCUT2D eigenvalue weighted by Gasteiger charge is -2.21. The Morgan fingerprint density at radius 3 is 0.965 bits per heavy atom. The Hall–Kier alpha value is -1.10. The van der Waals surface area contributed by atoms with Gasteiger partial charge in [0.25, 0.3) is 0 Å². The van der Waals surface area contributed by atoms with E-state index < -0.39 is 0 Å². The number of ether oxygens (including phenoxy) is 2. The van der Waals surface area contributed by atoms with Gasteiger partial charge >= 0.3 is 11.9 Å². The lowest BCUT2D eigenvalue weighted by Crippen LogP contribution is -2.21. The molecule has 0 unspecified atom stereocenters. The first-order valence-corrected chi connectivity index (χ1v) is 25.9. The summed E-state index contributed by atoms with van der Waals surface area (Å²) in [4.78, 5) is 27.5. The number of carbonyl (C=O) groups is 2. The fourth-order valence-electron chi connectivity index (χ4n) is 8.58. The van der Waals surface area contributed by atoms with Crippen LogP contribution < -0.4 is 0 Å². The minimum absolute atomic E-state index is 0.0424. The summed E-state index contributed by atoms with van der Waals surface area (Å²) in [5.74, 6) is 2.02. The molecule has 0 atom stereocenters. The fourth-order valence-corrected chi connectivity index (χ4v) is 8.58. The third-order valence-corrected chi connectivity index (χ3v) is 12.8. The van der Waals surface area contributed by atoms with Gasteiger partial charge in [0, 0.05) is 12.8 Å². The van der Waals surface area contributed by atoms with E-state index in [-0.39, 0.29) is 11.9 Å². The first kappa shape index (κ1) is 55.9. The molecule has 0 radical (unpaired) electrons. The van der Waals surface area contributed by atoms with E-state index in [1.54, 1.807) is 0 Å². The SMILES string of the molecule is CCCCCC(CCCCC)CC(=O)OCCCCCCCCCCC(CCCCCCCCCCOC(=O)CC(CCCCC)CCCCC)CCN(C)CC. The van der Waals surface area contributed by atoms with Gasteiger partial charge in [-0.1, -0.05) is 214 Å². The van der Waals surface area contributed by atoms with Crippen LogP contribution in [-0.2, 0) is 19.1 Å². The van der Waals surface area contributed by atoms with Crippen molar-refractivity contribution in [3.05, 3.63) is 0 Å². The lowest BCUT2D eigenvalue weighted by molar-refractivity contribution is -0.146. The number of hydrogen-bond acceptors (Lipinski definition) is 5. The van der Waals surface area contributed by atoms with Gasteiger partial charge in [-0.05, 0) is 82.8 Å². The molecule has 0 heterocycles. The van der Waals surface area contributed by atoms with Crippen LogP contribution in [0.2, 0.25) is 0 Å². The molecule has 0 spiro atoms. The van der Waals surface area contributed by atoms with Crippen molar-refractivity contribution in [1.82, 2.24) is 4.90 Å². The molecule has 0 aliphatic heterocycles. The van der Waals surface area contributed by atoms with Crippen LogP contribution in [0.5, 0.6) is 0 Å². The molecule has 0 fully saturated rings. The molecule has 5 heteroatoms. The zero-order chi connectivity index (χ0) is 41.9. The molecule has 0 aromatic carbocycles. The maximum atomic E-state index is 12.5. The summed E-state index contributed by atoms with van der Waals surface area (Å²) in [6.07, 6.45) is 45.9. The molecular weight excluding hydrogens is 703 g/mol. The second kappa shape index (κ2) is 44.5. The van der Waals surface area contributed by atoms with Crippen molar-refractivity contribution in [3.8, 4) is 0 Å². The van der Waals surface area contributed by atoms with E-state index in [4.69, 9.17) is 9.47 Å². The van der Waals surface area contributed by atoms with Crippen LogP contribution in [0.1, 0.15) is 272 Å². The zero-order valence-electron chi connectivity index (χ0n) is 39.8. The molecule has 0 aliphatic rings. The van der Waals surface area contributed by atoms with Crippen molar-refractivity contribution in [2.45, 2.75) is 272 Å². The summed E-state index contributed by atoms with van der Waals surface area (Å²) in [6, 6.07) is 0. The quantitative estimate of drug-likeness (QED) is 0.0453. The maximum absolute atomic E-state index is 12.5. The standard InChI is InChI=1S/C52H103NO4/c1-7-12-28-38-49(39-29-13-8-2)46-51(54)56-44-34-26-22-18-16-20-24-32-36-48(42-43-53(6)11-5)37-33-25-21-17-19-23-27-35-45-57-52(55)47-50(40-30-14-9-3)41-31-15-10-4/h48-50H,7-47H2,1-6H3. The summed E-state index contributed by atoms with van der Waals surface area (Å²) in [7, 11) is 2.27. The first-order chi connectivity index (χ1) is 27.9. The molecular formula is C52H103NO4. The van der Waals surface area contributed by atoms with Crippen LogP contribution in [0, 0.1) is 17.8 Å². The molecule has 0 bridgehead atoms. The number of esters is 2. The van der Waals surface area contributed by atoms with Crippen molar-refractivity contribution in [1.29, 1.82) is 0 Å². The van der Waals surface area contributed by atoms with Gasteiger partial charge in [-0.15, -0.1) is 0 Å². The van der Waals surface area contributed by atoms with E-state index in [1.807, 2.05) is 0 Å². The van der Waals surface area contributed by atoms with Crippen molar-refractivity contribution in [2.75, 3.05) is 33.4 Å². The number of hydrogen-bond donors (Lipinski definition) is 0. The predicted octanol–water partition coefficient (Wildman–Crippen LogP) is 16.4. The van der Waals surface area contributed by atoms with Crippen molar-refractivity contribution < 1.29 is 19.1 Å². The highest BCUT2D eigenvalue weighted by atomic mass is 16.5. The highest BCUT2D eigenvalue weighted by Gasteiger charge is 2.16. The van der Waals surface area contributed by atoms with Crippen LogP contribution in [0.25, 0.3) is 0 Å². The second-order valence-corrected chi connectivity index (χ2v) is 18.3. The smallest absolute Gasteiger partial charge is 0.306 e. The Morgan fingerprint density at radius 1 is 0.368 bits per heavy atom. The molecule has 0 aromatic heterocycles. The summed E-state index contributed by atoms with van der Waals surface area (Å²) < 4.78 is 11.3. The van der Waals surface area contributed by atoms with Crippen molar-refractivity contribution in [2.24, 2.45) is 17.8 Å². The van der Waals surface area contributed by atoms with E-state index in [2.05, 4.69) is 46.6 Å². The number of unbranched alkanes of at least 4 members (excludes halogenated alkanes) is 22. The molecule has 0 amide bonds. The normalized spacial score (nSPS) is 11.8. The Bertz CT molecular complexity index is 753. The van der Waals surface area contributed by atoms with Gasteiger partial charge < -0.3 is 14.4 Å². The van der Waals surface area contributed by atoms with Gasteiger partial charge in [-0.2, -0.15) is 0 Å². The Kier molecular flexibility index (Phi) is 43.6. The van der Waals surface area contributed by atoms with Gasteiger partial charge in [-0.25, -0.2) is 0 Å². The van der Waals surface area contributed by atoms with Crippen LogP contribution in [0.4, 0.5) is 0 Å². The Morgan fingerprint density at radius 2 is 0.649 bits per heavy atom. The Balaban J connectivity index is 4.00. The van der Waals surface area contributed by atoms with E-state index >= 15 is 0 Å². The topological polar surface area (TPSA) is 55.8 Å². The largest absolute Gasteiger partial charge is 0.466 e. The number of carbonyl (C=O) groups excluding carboxylic acids is 2. The fraction of sp³-hybridized carbons (Fsp3) is 0.962. The number of nitrogens with zero attached hydrogens (tertiary/aromatic N) is 1. The lowest BCUT2D eigenvalue weighted by atomic mass is 9.91. The second-order valence-electron chi connectivity index (χ2n) is 18.3. The molecule has 340 valence electrons. The summed E-state index contributed by atoms with van der Waals surface area (Å²) >= 11 is 0. The van der Waals surface area contributed by atoms with Gasteiger partial charge in [0.15, 0.2) is 0 Å². The van der Waals surface area contributed by atoms with E-state index in [9.17, 15) is 9.59 Å². The number of rotatable bonds is 46. The molecule has 57 heavy (non-hydrogen) atoms. The molecule has 0 aliphatic carbocycles. The van der Waals surface area contributed by atoms with E-state index in [0.717, 1.165) is 25.3 Å². The molecule has 0 N–H and O–H groups in total. The van der Waals surface area contributed by atoms with E-state index in [1.165, 1.54) is 218 Å². The van der Waals surface area contributed by atoms with Gasteiger partial charge in [0.2, 0.25) is 0 Å². The van der Waals surface area contributed by atoms with Gasteiger partial charge in [0.05, 0.1) is 13.2 Å². The summed E-state index contributed by atoms with van der Waals surface area (Å²) in [5.41, 5.74) is 0. The highest BCUT2D eigenvalue weighted by Crippen LogP contribution is 2.25. The molecule has 0 rings (SSSR count). The Labute approximate surface area is 358 Å². The van der Waals surface area contributed by atoms with Crippen LogP contribution >= 0.6 is 0 Å². The van der Waals surface area contributed by atoms with Crippen molar-refractivity contribution in [3.63, 3.8) is 0 Å². The molecule has 0 saturated carbocycles. The van der Waals surface area contributed by atoms with Crippen LogP contribution in [0.3, 0.4) is 0 Å². The van der Waals surface area contributed by atoms with Crippen molar-refractivity contribution >= 4 is 11.9 Å². The van der Waals surface area contributed by atoms with E-state index in [0.29, 0.717) is 37.9 Å². The summed E-state index contributed by atoms with van der Waals surface area (Å²) in [5, 5.41) is 0. The first-order valence-electron chi connectivity index (χ1n) is 25.9. The minimum atomic E-state index is 0.0424. The zero-order valence-corrected chi connectivity index (χ0v) is 39.8. The average molecular weight is 806 g/mol. The highest BCUT2D eigenvalue weighted by molar-refractivity contribution is 5.70. The third-order valence-electron chi connectivity index (χ3n) is 12.8. The predicted molar refractivity (Wildman–Crippen MR) is 249 cm³/mol. The van der Waals surface area contributed by atoms with Crippen LogP contribution in [-0.4, -0.2) is 50.2 Å².